The van der Waals surface area contributed by atoms with Crippen molar-refractivity contribution in [1.82, 2.24) is 5.32 Å². The van der Waals surface area contributed by atoms with E-state index in [0.717, 1.165) is 18.4 Å². The predicted molar refractivity (Wildman–Crippen MR) is 60.8 cm³/mol. The van der Waals surface area contributed by atoms with Crippen LogP contribution in [0.4, 0.5) is 0 Å². The Bertz CT molecular complexity index is 247. The van der Waals surface area contributed by atoms with Crippen molar-refractivity contribution >= 4 is 0 Å². The molecule has 0 spiro atoms. The van der Waals surface area contributed by atoms with E-state index in [1.165, 1.54) is 32.2 Å². The van der Waals surface area contributed by atoms with Crippen LogP contribution in [0.1, 0.15) is 39.5 Å². The minimum atomic E-state index is 0.366. The monoisotopic (exact) mass is 209 g/mol. The summed E-state index contributed by atoms with van der Waals surface area (Å²) in [4.78, 5) is 0. The third kappa shape index (κ3) is 1.62. The molecule has 2 heteroatoms. The molecule has 1 N–H and O–H groups in total. The summed E-state index contributed by atoms with van der Waals surface area (Å²) in [5.41, 5.74) is 0.366. The quantitative estimate of drug-likeness (QED) is 0.766. The second kappa shape index (κ2) is 3.46. The summed E-state index contributed by atoms with van der Waals surface area (Å²) in [6, 6.07) is 0.712. The van der Waals surface area contributed by atoms with E-state index >= 15 is 0 Å². The van der Waals surface area contributed by atoms with Crippen molar-refractivity contribution in [3.63, 3.8) is 0 Å². The smallest absolute Gasteiger partial charge is 0.0685 e. The molecule has 2 saturated carbocycles. The molecular weight excluding hydrogens is 186 g/mol. The molecule has 1 heterocycles. The van der Waals surface area contributed by atoms with Crippen LogP contribution in [-0.2, 0) is 4.74 Å². The van der Waals surface area contributed by atoms with Crippen LogP contribution in [0.3, 0.4) is 0 Å². The summed E-state index contributed by atoms with van der Waals surface area (Å²) in [6.07, 6.45) is 6.16. The highest BCUT2D eigenvalue weighted by Crippen LogP contribution is 2.52. The molecule has 0 aromatic carbocycles. The number of nitrogens with one attached hydrogen (secondary N) is 1. The minimum absolute atomic E-state index is 0.366. The van der Waals surface area contributed by atoms with E-state index in [9.17, 15) is 0 Å². The van der Waals surface area contributed by atoms with Gasteiger partial charge < -0.3 is 10.1 Å². The van der Waals surface area contributed by atoms with Crippen molar-refractivity contribution in [2.75, 3.05) is 13.2 Å². The number of fused-ring (bicyclic) bond motifs is 1. The first-order valence-electron chi connectivity index (χ1n) is 6.54. The maximum Gasteiger partial charge on any atom is 0.0685 e. The fourth-order valence-electron chi connectivity index (χ4n) is 3.59. The van der Waals surface area contributed by atoms with E-state index < -0.39 is 0 Å². The number of hydrogen-bond donors (Lipinski definition) is 1. The molecule has 2 nitrogen and oxygen atoms in total. The largest absolute Gasteiger partial charge is 0.377 e. The number of hydrogen-bond acceptors (Lipinski definition) is 2. The summed E-state index contributed by atoms with van der Waals surface area (Å²) in [7, 11) is 0. The van der Waals surface area contributed by atoms with E-state index in [2.05, 4.69) is 19.2 Å². The van der Waals surface area contributed by atoms with Gasteiger partial charge in [-0.1, -0.05) is 26.7 Å². The average molecular weight is 209 g/mol. The van der Waals surface area contributed by atoms with Gasteiger partial charge in [-0.2, -0.15) is 0 Å². The Hall–Kier alpha value is -0.0800. The molecule has 0 bridgehead atoms. The van der Waals surface area contributed by atoms with Crippen LogP contribution in [0.2, 0.25) is 0 Å². The van der Waals surface area contributed by atoms with Gasteiger partial charge in [-0.25, -0.2) is 0 Å². The standard InChI is InChI=1S/C13H23NO/c1-13(2)11(10-6-8-15-12(10)13)14-7-5-9-3-4-9/h9-12,14H,3-8H2,1-2H3. The van der Waals surface area contributed by atoms with E-state index in [0.29, 0.717) is 17.6 Å². The molecule has 3 unspecified atom stereocenters. The average Bonchev–Trinajstić information content (AvgIpc) is 2.90. The first-order valence-corrected chi connectivity index (χ1v) is 6.54. The summed E-state index contributed by atoms with van der Waals surface area (Å²) in [6.45, 7) is 6.92. The fourth-order valence-corrected chi connectivity index (χ4v) is 3.59. The van der Waals surface area contributed by atoms with Crippen LogP contribution in [0.5, 0.6) is 0 Å². The van der Waals surface area contributed by atoms with Gasteiger partial charge in [-0.3, -0.25) is 0 Å². The van der Waals surface area contributed by atoms with Gasteiger partial charge in [0, 0.05) is 24.0 Å². The van der Waals surface area contributed by atoms with Gasteiger partial charge in [0.1, 0.15) is 0 Å². The lowest BCUT2D eigenvalue weighted by atomic mass is 9.57. The lowest BCUT2D eigenvalue weighted by Crippen LogP contribution is -2.65. The summed E-state index contributed by atoms with van der Waals surface area (Å²) in [5.74, 6) is 1.86. The first kappa shape index (κ1) is 10.1. The van der Waals surface area contributed by atoms with Gasteiger partial charge >= 0.3 is 0 Å². The molecule has 3 atom stereocenters. The molecule has 0 radical (unpaired) electrons. The molecule has 3 rings (SSSR count). The van der Waals surface area contributed by atoms with Crippen molar-refractivity contribution in [3.05, 3.63) is 0 Å². The van der Waals surface area contributed by atoms with E-state index in [1.807, 2.05) is 0 Å². The third-order valence-corrected chi connectivity index (χ3v) is 4.71. The van der Waals surface area contributed by atoms with Crippen LogP contribution in [0, 0.1) is 17.3 Å². The normalized spacial score (nSPS) is 42.4. The highest BCUT2D eigenvalue weighted by molar-refractivity contribution is 5.11. The van der Waals surface area contributed by atoms with Gasteiger partial charge in [0.15, 0.2) is 0 Å². The first-order chi connectivity index (χ1) is 7.19. The predicted octanol–water partition coefficient (Wildman–Crippen LogP) is 2.19. The van der Waals surface area contributed by atoms with Gasteiger partial charge in [0.05, 0.1) is 6.10 Å². The van der Waals surface area contributed by atoms with Gasteiger partial charge in [-0.05, 0) is 25.3 Å². The fraction of sp³-hybridized carbons (Fsp3) is 1.00. The minimum Gasteiger partial charge on any atom is -0.377 e. The maximum atomic E-state index is 5.80. The number of rotatable bonds is 4. The molecular formula is C13H23NO. The lowest BCUT2D eigenvalue weighted by molar-refractivity contribution is -0.112. The van der Waals surface area contributed by atoms with Gasteiger partial charge in [-0.15, -0.1) is 0 Å². The van der Waals surface area contributed by atoms with Crippen molar-refractivity contribution in [3.8, 4) is 0 Å². The van der Waals surface area contributed by atoms with Crippen molar-refractivity contribution in [2.24, 2.45) is 17.3 Å². The van der Waals surface area contributed by atoms with E-state index in [1.54, 1.807) is 0 Å². The topological polar surface area (TPSA) is 21.3 Å². The SMILES string of the molecule is CC1(C)C(NCCC2CC2)C2CCOC21. The Balaban J connectivity index is 1.51. The summed E-state index contributed by atoms with van der Waals surface area (Å²) >= 11 is 0. The molecule has 0 aromatic rings. The van der Waals surface area contributed by atoms with Crippen molar-refractivity contribution in [2.45, 2.75) is 51.7 Å². The van der Waals surface area contributed by atoms with Crippen molar-refractivity contribution < 1.29 is 4.74 Å². The molecule has 3 aliphatic rings. The lowest BCUT2D eigenvalue weighted by Gasteiger charge is -2.55. The Kier molecular flexibility index (Phi) is 2.33. The molecule has 2 aliphatic carbocycles. The zero-order valence-electron chi connectivity index (χ0n) is 9.96. The second-order valence-corrected chi connectivity index (χ2v) is 6.23. The van der Waals surface area contributed by atoms with E-state index in [-0.39, 0.29) is 0 Å². The van der Waals surface area contributed by atoms with Crippen LogP contribution < -0.4 is 5.32 Å². The summed E-state index contributed by atoms with van der Waals surface area (Å²) in [5, 5.41) is 3.77. The molecule has 15 heavy (non-hydrogen) atoms. The molecule has 0 amide bonds. The Morgan fingerprint density at radius 1 is 1.27 bits per heavy atom. The highest BCUT2D eigenvalue weighted by atomic mass is 16.5. The van der Waals surface area contributed by atoms with Crippen LogP contribution >= 0.6 is 0 Å². The van der Waals surface area contributed by atoms with Crippen LogP contribution in [-0.4, -0.2) is 25.3 Å². The molecule has 86 valence electrons. The maximum absolute atomic E-state index is 5.80. The van der Waals surface area contributed by atoms with Gasteiger partial charge in [0.2, 0.25) is 0 Å². The van der Waals surface area contributed by atoms with E-state index in [4.69, 9.17) is 4.74 Å². The zero-order valence-corrected chi connectivity index (χ0v) is 9.96. The Morgan fingerprint density at radius 2 is 2.07 bits per heavy atom. The van der Waals surface area contributed by atoms with Crippen LogP contribution in [0.25, 0.3) is 0 Å². The van der Waals surface area contributed by atoms with Crippen LogP contribution in [0.15, 0.2) is 0 Å². The molecule has 3 fully saturated rings. The van der Waals surface area contributed by atoms with Crippen molar-refractivity contribution in [1.29, 1.82) is 0 Å². The zero-order chi connectivity index (χ0) is 10.5. The molecule has 0 aromatic heterocycles. The third-order valence-electron chi connectivity index (χ3n) is 4.71. The molecule has 1 aliphatic heterocycles. The highest BCUT2D eigenvalue weighted by Gasteiger charge is 2.58. The summed E-state index contributed by atoms with van der Waals surface area (Å²) < 4.78 is 5.80. The Labute approximate surface area is 92.8 Å². The Morgan fingerprint density at radius 3 is 2.80 bits per heavy atom. The van der Waals surface area contributed by atoms with Gasteiger partial charge in [0.25, 0.3) is 0 Å². The second-order valence-electron chi connectivity index (χ2n) is 6.23. The number of ether oxygens (including phenoxy) is 1. The molecule has 1 saturated heterocycles.